The summed E-state index contributed by atoms with van der Waals surface area (Å²) in [7, 11) is 1.61. The summed E-state index contributed by atoms with van der Waals surface area (Å²) >= 11 is 1.34. The predicted octanol–water partition coefficient (Wildman–Crippen LogP) is 3.72. The highest BCUT2D eigenvalue weighted by atomic mass is 32.1. The SMILES string of the molecule is COCc1nnc(NC(=O)C2(Cc3cccc(-c4cccnc4)c3)CCOCC2)s1. The molecule has 30 heavy (non-hydrogen) atoms. The minimum atomic E-state index is -0.543. The van der Waals surface area contributed by atoms with Crippen LogP contribution in [0.4, 0.5) is 5.13 Å². The molecule has 0 saturated carbocycles. The van der Waals surface area contributed by atoms with Gasteiger partial charge in [-0.1, -0.05) is 41.7 Å². The van der Waals surface area contributed by atoms with Crippen molar-refractivity contribution in [2.75, 3.05) is 25.6 Å². The number of methoxy groups -OCH3 is 1. The first kappa shape index (κ1) is 20.6. The maximum absolute atomic E-state index is 13.3. The van der Waals surface area contributed by atoms with Crippen molar-refractivity contribution in [2.45, 2.75) is 25.9 Å². The lowest BCUT2D eigenvalue weighted by atomic mass is 9.74. The van der Waals surface area contributed by atoms with Gasteiger partial charge in [0.15, 0.2) is 0 Å². The van der Waals surface area contributed by atoms with Crippen molar-refractivity contribution in [2.24, 2.45) is 5.41 Å². The van der Waals surface area contributed by atoms with Crippen LogP contribution in [0.2, 0.25) is 0 Å². The molecule has 0 aliphatic carbocycles. The number of rotatable bonds is 7. The van der Waals surface area contributed by atoms with Crippen LogP contribution in [-0.2, 0) is 27.3 Å². The number of carbonyl (C=O) groups is 1. The highest BCUT2D eigenvalue weighted by Gasteiger charge is 2.40. The van der Waals surface area contributed by atoms with Gasteiger partial charge < -0.3 is 14.8 Å². The molecule has 0 radical (unpaired) electrons. The Bertz CT molecular complexity index is 987. The van der Waals surface area contributed by atoms with Crippen LogP contribution >= 0.6 is 11.3 Å². The first-order valence-electron chi connectivity index (χ1n) is 9.88. The minimum absolute atomic E-state index is 0.0299. The number of ether oxygens (including phenoxy) is 2. The molecule has 1 aromatic carbocycles. The molecule has 0 bridgehead atoms. The van der Waals surface area contributed by atoms with E-state index in [0.717, 1.165) is 21.7 Å². The van der Waals surface area contributed by atoms with Gasteiger partial charge in [0.05, 0.1) is 5.41 Å². The number of aromatic nitrogens is 3. The number of amides is 1. The third-order valence-electron chi connectivity index (χ3n) is 5.35. The largest absolute Gasteiger partial charge is 0.381 e. The molecule has 0 atom stereocenters. The van der Waals surface area contributed by atoms with Crippen molar-refractivity contribution in [3.63, 3.8) is 0 Å². The Morgan fingerprint density at radius 3 is 2.80 bits per heavy atom. The molecule has 0 unspecified atom stereocenters. The quantitative estimate of drug-likeness (QED) is 0.622. The van der Waals surface area contributed by atoms with Crippen LogP contribution < -0.4 is 5.32 Å². The average molecular weight is 425 g/mol. The molecule has 156 valence electrons. The molecule has 1 fully saturated rings. The summed E-state index contributed by atoms with van der Waals surface area (Å²) in [6.45, 7) is 1.52. The van der Waals surface area contributed by atoms with Gasteiger partial charge in [0, 0.05) is 32.7 Å². The zero-order valence-electron chi connectivity index (χ0n) is 16.8. The number of nitrogens with zero attached hydrogens (tertiary/aromatic N) is 3. The molecule has 3 heterocycles. The number of benzene rings is 1. The van der Waals surface area contributed by atoms with Gasteiger partial charge in [-0.15, -0.1) is 10.2 Å². The molecule has 7 nitrogen and oxygen atoms in total. The number of nitrogens with one attached hydrogen (secondary N) is 1. The van der Waals surface area contributed by atoms with Crippen LogP contribution in [-0.4, -0.2) is 41.4 Å². The Kier molecular flexibility index (Phi) is 6.47. The molecule has 0 spiro atoms. The maximum Gasteiger partial charge on any atom is 0.232 e. The minimum Gasteiger partial charge on any atom is -0.381 e. The van der Waals surface area contributed by atoms with E-state index in [0.29, 0.717) is 44.2 Å². The zero-order chi connectivity index (χ0) is 20.8. The van der Waals surface area contributed by atoms with E-state index in [2.05, 4.69) is 38.7 Å². The number of pyridine rings is 1. The second-order valence-corrected chi connectivity index (χ2v) is 8.46. The van der Waals surface area contributed by atoms with Crippen LogP contribution in [0.1, 0.15) is 23.4 Å². The van der Waals surface area contributed by atoms with E-state index < -0.39 is 5.41 Å². The van der Waals surface area contributed by atoms with Crippen molar-refractivity contribution in [1.29, 1.82) is 0 Å². The fourth-order valence-electron chi connectivity index (χ4n) is 3.75. The van der Waals surface area contributed by atoms with Gasteiger partial charge in [-0.25, -0.2) is 0 Å². The van der Waals surface area contributed by atoms with Crippen molar-refractivity contribution in [3.05, 3.63) is 59.4 Å². The average Bonchev–Trinajstić information content (AvgIpc) is 3.22. The smallest absolute Gasteiger partial charge is 0.232 e. The van der Waals surface area contributed by atoms with E-state index in [4.69, 9.17) is 9.47 Å². The van der Waals surface area contributed by atoms with Gasteiger partial charge in [0.1, 0.15) is 11.6 Å². The van der Waals surface area contributed by atoms with Gasteiger partial charge >= 0.3 is 0 Å². The van der Waals surface area contributed by atoms with Gasteiger partial charge in [-0.3, -0.25) is 9.78 Å². The van der Waals surface area contributed by atoms with Crippen LogP contribution in [0.25, 0.3) is 11.1 Å². The lowest BCUT2D eigenvalue weighted by Gasteiger charge is -2.35. The highest BCUT2D eigenvalue weighted by molar-refractivity contribution is 7.15. The van der Waals surface area contributed by atoms with Gasteiger partial charge in [-0.05, 0) is 42.0 Å². The van der Waals surface area contributed by atoms with Gasteiger partial charge in [0.25, 0.3) is 0 Å². The number of hydrogen-bond donors (Lipinski definition) is 1. The van der Waals surface area contributed by atoms with E-state index >= 15 is 0 Å². The Morgan fingerprint density at radius 1 is 1.20 bits per heavy atom. The van der Waals surface area contributed by atoms with Crippen molar-refractivity contribution < 1.29 is 14.3 Å². The summed E-state index contributed by atoms with van der Waals surface area (Å²) in [5.74, 6) is -0.0299. The second-order valence-electron chi connectivity index (χ2n) is 7.40. The predicted molar refractivity (Wildman–Crippen MR) is 115 cm³/mol. The van der Waals surface area contributed by atoms with Crippen LogP contribution in [0, 0.1) is 5.41 Å². The molecular formula is C22H24N4O3S. The maximum atomic E-state index is 13.3. The van der Waals surface area contributed by atoms with Gasteiger partial charge in [-0.2, -0.15) is 0 Å². The summed E-state index contributed by atoms with van der Waals surface area (Å²) in [5, 5.41) is 12.4. The lowest BCUT2D eigenvalue weighted by Crippen LogP contribution is -2.42. The van der Waals surface area contributed by atoms with E-state index in [-0.39, 0.29) is 5.91 Å². The van der Waals surface area contributed by atoms with Gasteiger partial charge in [0.2, 0.25) is 11.0 Å². The third kappa shape index (κ3) is 4.72. The first-order chi connectivity index (χ1) is 14.7. The number of carbonyl (C=O) groups excluding carboxylic acids is 1. The molecule has 4 rings (SSSR count). The lowest BCUT2D eigenvalue weighted by molar-refractivity contribution is -0.131. The molecule has 1 amide bonds. The Morgan fingerprint density at radius 2 is 2.03 bits per heavy atom. The van der Waals surface area contributed by atoms with E-state index in [1.807, 2.05) is 24.4 Å². The van der Waals surface area contributed by atoms with Crippen molar-refractivity contribution in [1.82, 2.24) is 15.2 Å². The summed E-state index contributed by atoms with van der Waals surface area (Å²) in [6, 6.07) is 12.3. The van der Waals surface area contributed by atoms with E-state index in [9.17, 15) is 4.79 Å². The third-order valence-corrected chi connectivity index (χ3v) is 6.16. The van der Waals surface area contributed by atoms with Crippen LogP contribution in [0.3, 0.4) is 0 Å². The van der Waals surface area contributed by atoms with Crippen LogP contribution in [0.5, 0.6) is 0 Å². The van der Waals surface area contributed by atoms with E-state index in [1.165, 1.54) is 11.3 Å². The second kappa shape index (κ2) is 9.42. The monoisotopic (exact) mass is 424 g/mol. The van der Waals surface area contributed by atoms with E-state index in [1.54, 1.807) is 13.3 Å². The topological polar surface area (TPSA) is 86.2 Å². The molecule has 8 heteroatoms. The number of hydrogen-bond acceptors (Lipinski definition) is 7. The summed E-state index contributed by atoms with van der Waals surface area (Å²) in [5.41, 5.74) is 2.73. The molecule has 1 aliphatic heterocycles. The summed E-state index contributed by atoms with van der Waals surface area (Å²) in [4.78, 5) is 17.6. The molecule has 1 aliphatic rings. The standard InChI is InChI=1S/C22H24N4O3S/c1-28-15-19-25-26-21(30-19)24-20(27)22(7-10-29-11-8-22)13-16-4-2-5-17(12-16)18-6-3-9-23-14-18/h2-6,9,12,14H,7-8,10-11,13,15H2,1H3,(H,24,26,27). The highest BCUT2D eigenvalue weighted by Crippen LogP contribution is 2.37. The summed E-state index contributed by atoms with van der Waals surface area (Å²) in [6.07, 6.45) is 5.59. The van der Waals surface area contributed by atoms with Crippen molar-refractivity contribution >= 4 is 22.4 Å². The summed E-state index contributed by atoms with van der Waals surface area (Å²) < 4.78 is 10.6. The molecule has 1 saturated heterocycles. The Labute approximate surface area is 179 Å². The fraction of sp³-hybridized carbons (Fsp3) is 0.364. The molecule has 2 aromatic heterocycles. The number of anilines is 1. The first-order valence-corrected chi connectivity index (χ1v) is 10.7. The van der Waals surface area contributed by atoms with Crippen LogP contribution in [0.15, 0.2) is 48.8 Å². The Balaban J connectivity index is 1.55. The molecule has 3 aromatic rings. The molecular weight excluding hydrogens is 400 g/mol. The normalized spacial score (nSPS) is 15.6. The Hall–Kier alpha value is -2.68. The zero-order valence-corrected chi connectivity index (χ0v) is 17.7. The fourth-order valence-corrected chi connectivity index (χ4v) is 4.45. The molecule has 1 N–H and O–H groups in total. The van der Waals surface area contributed by atoms with Crippen molar-refractivity contribution in [3.8, 4) is 11.1 Å².